The van der Waals surface area contributed by atoms with Crippen LogP contribution >= 0.6 is 0 Å². The van der Waals surface area contributed by atoms with Crippen molar-refractivity contribution in [1.82, 2.24) is 9.91 Å². The number of nitrogens with zero attached hydrogens (tertiary/aromatic N) is 3. The molecule has 132 valence electrons. The van der Waals surface area contributed by atoms with Gasteiger partial charge in [-0.1, -0.05) is 0 Å². The van der Waals surface area contributed by atoms with E-state index in [0.29, 0.717) is 6.61 Å². The van der Waals surface area contributed by atoms with Crippen molar-refractivity contribution in [2.45, 2.75) is 18.9 Å². The molecule has 0 aromatic heterocycles. The first-order chi connectivity index (χ1) is 11.8. The summed E-state index contributed by atoms with van der Waals surface area (Å²) in [5.41, 5.74) is 1.04. The summed E-state index contributed by atoms with van der Waals surface area (Å²) in [6, 6.07) is 8.15. The van der Waals surface area contributed by atoms with Crippen LogP contribution in [0.1, 0.15) is 18.4 Å². The molecule has 0 bridgehead atoms. The highest BCUT2D eigenvalue weighted by Gasteiger charge is 2.21. The first-order valence-electron chi connectivity index (χ1n) is 8.79. The lowest BCUT2D eigenvalue weighted by Crippen LogP contribution is -2.38. The van der Waals surface area contributed by atoms with Gasteiger partial charge < -0.3 is 14.6 Å². The van der Waals surface area contributed by atoms with Crippen molar-refractivity contribution in [2.24, 2.45) is 5.10 Å². The summed E-state index contributed by atoms with van der Waals surface area (Å²) in [4.78, 5) is 2.36. The van der Waals surface area contributed by atoms with Gasteiger partial charge >= 0.3 is 0 Å². The molecule has 1 N–H and O–H groups in total. The molecular weight excluding hydrogens is 306 g/mol. The van der Waals surface area contributed by atoms with Crippen LogP contribution in [0.4, 0.5) is 0 Å². The molecule has 2 saturated heterocycles. The highest BCUT2D eigenvalue weighted by Crippen LogP contribution is 2.17. The number of morpholine rings is 1. The van der Waals surface area contributed by atoms with E-state index in [0.717, 1.165) is 63.5 Å². The van der Waals surface area contributed by atoms with Crippen LogP contribution in [0.5, 0.6) is 5.75 Å². The first kappa shape index (κ1) is 17.2. The molecule has 1 aromatic carbocycles. The number of hydrazone groups is 1. The minimum Gasteiger partial charge on any atom is -0.492 e. The van der Waals surface area contributed by atoms with Crippen LogP contribution in [0.3, 0.4) is 0 Å². The van der Waals surface area contributed by atoms with E-state index in [1.807, 2.05) is 35.5 Å². The van der Waals surface area contributed by atoms with Crippen molar-refractivity contribution in [1.29, 1.82) is 0 Å². The molecule has 2 fully saturated rings. The Hall–Kier alpha value is -1.63. The quantitative estimate of drug-likeness (QED) is 0.760. The zero-order chi connectivity index (χ0) is 16.6. The maximum Gasteiger partial charge on any atom is 0.119 e. The van der Waals surface area contributed by atoms with Gasteiger partial charge in [-0.25, -0.2) is 0 Å². The van der Waals surface area contributed by atoms with Gasteiger partial charge in [-0.2, -0.15) is 5.10 Å². The predicted octanol–water partition coefficient (Wildman–Crippen LogP) is 1.19. The Labute approximate surface area is 143 Å². The Bertz CT molecular complexity index is 515. The van der Waals surface area contributed by atoms with Gasteiger partial charge in [-0.3, -0.25) is 9.91 Å². The Morgan fingerprint density at radius 2 is 2.00 bits per heavy atom. The molecular formula is C18H27N3O3. The maximum absolute atomic E-state index is 9.30. The smallest absolute Gasteiger partial charge is 0.119 e. The number of aliphatic hydroxyl groups is 1. The molecule has 2 aliphatic heterocycles. The van der Waals surface area contributed by atoms with Gasteiger partial charge in [0.05, 0.1) is 32.1 Å². The highest BCUT2D eigenvalue weighted by atomic mass is 16.5. The van der Waals surface area contributed by atoms with Crippen molar-refractivity contribution in [3.05, 3.63) is 29.8 Å². The monoisotopic (exact) mass is 333 g/mol. The molecule has 2 aliphatic rings. The molecule has 0 spiro atoms. The third-order valence-electron chi connectivity index (χ3n) is 4.57. The minimum atomic E-state index is 0.170. The lowest BCUT2D eigenvalue weighted by atomic mass is 10.2. The zero-order valence-corrected chi connectivity index (χ0v) is 14.1. The Morgan fingerprint density at radius 1 is 1.21 bits per heavy atom. The number of aliphatic hydroxyl groups excluding tert-OH is 1. The van der Waals surface area contributed by atoms with E-state index >= 15 is 0 Å². The Balaban J connectivity index is 1.43. The lowest BCUT2D eigenvalue weighted by molar-refractivity contribution is 0.0322. The third kappa shape index (κ3) is 4.93. The summed E-state index contributed by atoms with van der Waals surface area (Å²) in [6.45, 7) is 6.35. The maximum atomic E-state index is 9.30. The fourth-order valence-corrected chi connectivity index (χ4v) is 3.07. The summed E-state index contributed by atoms with van der Waals surface area (Å²) in [7, 11) is 0. The topological polar surface area (TPSA) is 57.5 Å². The molecule has 2 heterocycles. The second kappa shape index (κ2) is 9.01. The summed E-state index contributed by atoms with van der Waals surface area (Å²) in [5.74, 6) is 0.884. The van der Waals surface area contributed by atoms with E-state index in [9.17, 15) is 5.11 Å². The standard InChI is InChI=1S/C18H27N3O3/c22-15-17-2-1-7-21(17)19-14-16-3-5-18(6-4-16)24-13-10-20-8-11-23-12-9-20/h3-6,14,17,22H,1-2,7-13,15H2/b19-14+. The van der Waals surface area contributed by atoms with Crippen LogP contribution in [-0.4, -0.2) is 79.9 Å². The van der Waals surface area contributed by atoms with Crippen molar-refractivity contribution >= 4 is 6.21 Å². The van der Waals surface area contributed by atoms with Crippen LogP contribution in [0, 0.1) is 0 Å². The summed E-state index contributed by atoms with van der Waals surface area (Å²) in [6.07, 6.45) is 3.97. The molecule has 1 aromatic rings. The molecule has 6 heteroatoms. The first-order valence-corrected chi connectivity index (χ1v) is 8.79. The number of hydrogen-bond acceptors (Lipinski definition) is 6. The van der Waals surface area contributed by atoms with Crippen molar-refractivity contribution < 1.29 is 14.6 Å². The molecule has 0 aliphatic carbocycles. The van der Waals surface area contributed by atoms with E-state index in [4.69, 9.17) is 9.47 Å². The van der Waals surface area contributed by atoms with Gasteiger partial charge in [-0.15, -0.1) is 0 Å². The zero-order valence-electron chi connectivity index (χ0n) is 14.1. The average Bonchev–Trinajstić information content (AvgIpc) is 3.09. The van der Waals surface area contributed by atoms with Crippen molar-refractivity contribution in [2.75, 3.05) is 52.6 Å². The van der Waals surface area contributed by atoms with Crippen LogP contribution in [0.2, 0.25) is 0 Å². The Morgan fingerprint density at radius 3 is 2.75 bits per heavy atom. The molecule has 6 nitrogen and oxygen atoms in total. The second-order valence-electron chi connectivity index (χ2n) is 6.26. The fourth-order valence-electron chi connectivity index (χ4n) is 3.07. The van der Waals surface area contributed by atoms with Crippen LogP contribution in [0.25, 0.3) is 0 Å². The van der Waals surface area contributed by atoms with Gasteiger partial charge in [0, 0.05) is 26.2 Å². The Kier molecular flexibility index (Phi) is 6.46. The normalized spacial score (nSPS) is 22.4. The third-order valence-corrected chi connectivity index (χ3v) is 4.57. The molecule has 1 unspecified atom stereocenters. The molecule has 0 radical (unpaired) electrons. The largest absolute Gasteiger partial charge is 0.492 e. The van der Waals surface area contributed by atoms with E-state index in [2.05, 4.69) is 10.0 Å². The average molecular weight is 333 g/mol. The number of hydrogen-bond donors (Lipinski definition) is 1. The van der Waals surface area contributed by atoms with Crippen molar-refractivity contribution in [3.8, 4) is 5.75 Å². The van der Waals surface area contributed by atoms with Crippen LogP contribution in [0.15, 0.2) is 29.4 Å². The summed E-state index contributed by atoms with van der Waals surface area (Å²) >= 11 is 0. The van der Waals surface area contributed by atoms with Gasteiger partial charge in [0.15, 0.2) is 0 Å². The summed E-state index contributed by atoms with van der Waals surface area (Å²) < 4.78 is 11.1. The fraction of sp³-hybridized carbons (Fsp3) is 0.611. The van der Waals surface area contributed by atoms with Crippen molar-refractivity contribution in [3.63, 3.8) is 0 Å². The van der Waals surface area contributed by atoms with Gasteiger partial charge in [-0.05, 0) is 42.7 Å². The van der Waals surface area contributed by atoms with E-state index in [1.54, 1.807) is 0 Å². The SMILES string of the molecule is OCC1CCCN1/N=C/c1ccc(OCCN2CCOCC2)cc1. The van der Waals surface area contributed by atoms with Crippen LogP contribution < -0.4 is 4.74 Å². The molecule has 0 saturated carbocycles. The second-order valence-corrected chi connectivity index (χ2v) is 6.26. The molecule has 1 atom stereocenters. The minimum absolute atomic E-state index is 0.170. The molecule has 3 rings (SSSR count). The highest BCUT2D eigenvalue weighted by molar-refractivity contribution is 5.79. The van der Waals surface area contributed by atoms with Crippen LogP contribution in [-0.2, 0) is 4.74 Å². The van der Waals surface area contributed by atoms with Gasteiger partial charge in [0.2, 0.25) is 0 Å². The van der Waals surface area contributed by atoms with E-state index in [1.165, 1.54) is 0 Å². The lowest BCUT2D eigenvalue weighted by Gasteiger charge is -2.26. The number of rotatable bonds is 7. The van der Waals surface area contributed by atoms with Gasteiger partial charge in [0.1, 0.15) is 12.4 Å². The molecule has 24 heavy (non-hydrogen) atoms. The number of ether oxygens (including phenoxy) is 2. The number of benzene rings is 1. The summed E-state index contributed by atoms with van der Waals surface area (Å²) in [5, 5.41) is 15.8. The predicted molar refractivity (Wildman–Crippen MR) is 93.6 cm³/mol. The van der Waals surface area contributed by atoms with E-state index in [-0.39, 0.29) is 12.6 Å². The van der Waals surface area contributed by atoms with E-state index < -0.39 is 0 Å². The molecule has 0 amide bonds. The van der Waals surface area contributed by atoms with Gasteiger partial charge in [0.25, 0.3) is 0 Å².